The van der Waals surface area contributed by atoms with Crippen LogP contribution >= 0.6 is 0 Å². The quantitative estimate of drug-likeness (QED) is 0.601. The van der Waals surface area contributed by atoms with E-state index in [1.807, 2.05) is 18.5 Å². The van der Waals surface area contributed by atoms with Crippen molar-refractivity contribution in [1.82, 2.24) is 4.57 Å². The molecule has 0 spiro atoms. The Labute approximate surface area is 59.4 Å². The zero-order chi connectivity index (χ0) is 7.72. The largest absolute Gasteiger partial charge is 0.366 e. The van der Waals surface area contributed by atoms with Crippen molar-refractivity contribution in [3.05, 3.63) is 23.5 Å². The second kappa shape index (κ2) is 2.17. The van der Waals surface area contributed by atoms with Crippen LogP contribution in [0.1, 0.15) is 16.1 Å². The van der Waals surface area contributed by atoms with Crippen molar-refractivity contribution in [2.45, 2.75) is 6.92 Å². The number of rotatable bonds is 1. The summed E-state index contributed by atoms with van der Waals surface area (Å²) in [6.45, 7) is 1.92. The van der Waals surface area contributed by atoms with E-state index in [9.17, 15) is 4.79 Å². The Balaban J connectivity index is 3.10. The maximum absolute atomic E-state index is 10.6. The molecule has 1 heterocycles. The first kappa shape index (κ1) is 6.86. The average molecular weight is 138 g/mol. The molecule has 1 aromatic heterocycles. The van der Waals surface area contributed by atoms with Crippen LogP contribution < -0.4 is 5.73 Å². The zero-order valence-corrected chi connectivity index (χ0v) is 6.09. The van der Waals surface area contributed by atoms with Gasteiger partial charge in [0, 0.05) is 18.9 Å². The molecule has 3 nitrogen and oxygen atoms in total. The van der Waals surface area contributed by atoms with Crippen molar-refractivity contribution in [2.75, 3.05) is 0 Å². The highest BCUT2D eigenvalue weighted by Crippen LogP contribution is 2.03. The number of nitrogens with two attached hydrogens (primary N) is 1. The monoisotopic (exact) mass is 138 g/mol. The van der Waals surface area contributed by atoms with Gasteiger partial charge in [0.25, 0.3) is 0 Å². The molecule has 0 aliphatic carbocycles. The Kier molecular flexibility index (Phi) is 1.49. The van der Waals surface area contributed by atoms with E-state index < -0.39 is 0 Å². The highest BCUT2D eigenvalue weighted by Gasteiger charge is 2.02. The summed E-state index contributed by atoms with van der Waals surface area (Å²) in [5.74, 6) is -0.372. The second-order valence-electron chi connectivity index (χ2n) is 2.35. The second-order valence-corrected chi connectivity index (χ2v) is 2.35. The summed E-state index contributed by atoms with van der Waals surface area (Å²) in [5, 5.41) is 0. The van der Waals surface area contributed by atoms with E-state index in [2.05, 4.69) is 0 Å². The summed E-state index contributed by atoms with van der Waals surface area (Å²) < 4.78 is 1.86. The Morgan fingerprint density at radius 1 is 1.70 bits per heavy atom. The van der Waals surface area contributed by atoms with Crippen LogP contribution in [0.2, 0.25) is 0 Å². The third kappa shape index (κ3) is 1.03. The summed E-state index contributed by atoms with van der Waals surface area (Å²) in [6, 6.07) is 1.77. The first-order valence-electron chi connectivity index (χ1n) is 3.04. The predicted octanol–water partition coefficient (Wildman–Crippen LogP) is 0.432. The number of aryl methyl sites for hydroxylation is 2. The van der Waals surface area contributed by atoms with Crippen LogP contribution in [0, 0.1) is 6.92 Å². The highest BCUT2D eigenvalue weighted by atomic mass is 16.1. The van der Waals surface area contributed by atoms with Gasteiger partial charge in [-0.3, -0.25) is 4.79 Å². The molecule has 10 heavy (non-hydrogen) atoms. The van der Waals surface area contributed by atoms with Gasteiger partial charge in [-0.1, -0.05) is 0 Å². The van der Waals surface area contributed by atoms with E-state index in [0.29, 0.717) is 5.56 Å². The number of aromatic nitrogens is 1. The van der Waals surface area contributed by atoms with Gasteiger partial charge in [0.2, 0.25) is 5.91 Å². The zero-order valence-electron chi connectivity index (χ0n) is 6.09. The molecule has 0 radical (unpaired) electrons. The topological polar surface area (TPSA) is 48.0 Å². The van der Waals surface area contributed by atoms with E-state index in [-0.39, 0.29) is 5.91 Å². The molecule has 0 aliphatic heterocycles. The van der Waals surface area contributed by atoms with E-state index in [1.54, 1.807) is 12.3 Å². The van der Waals surface area contributed by atoms with Crippen molar-refractivity contribution in [3.8, 4) is 0 Å². The Bertz CT molecular complexity index is 243. The summed E-state index contributed by atoms with van der Waals surface area (Å²) >= 11 is 0. The SMILES string of the molecule is Cc1cc(C(N)=O)cn1C. The van der Waals surface area contributed by atoms with Crippen LogP contribution in [-0.4, -0.2) is 10.5 Å². The van der Waals surface area contributed by atoms with Crippen LogP contribution in [-0.2, 0) is 7.05 Å². The van der Waals surface area contributed by atoms with Crippen LogP contribution in [0.5, 0.6) is 0 Å². The Hall–Kier alpha value is -1.25. The lowest BCUT2D eigenvalue weighted by Crippen LogP contribution is -2.09. The molecule has 3 heteroatoms. The Morgan fingerprint density at radius 2 is 2.30 bits per heavy atom. The third-order valence-corrected chi connectivity index (χ3v) is 1.54. The number of hydrogen-bond acceptors (Lipinski definition) is 1. The van der Waals surface area contributed by atoms with Crippen LogP contribution in [0.3, 0.4) is 0 Å². The van der Waals surface area contributed by atoms with E-state index in [1.165, 1.54) is 0 Å². The number of amides is 1. The fourth-order valence-electron chi connectivity index (χ4n) is 0.809. The molecule has 0 bridgehead atoms. The number of nitrogens with zero attached hydrogens (tertiary/aromatic N) is 1. The van der Waals surface area contributed by atoms with Crippen molar-refractivity contribution in [2.24, 2.45) is 12.8 Å². The minimum absolute atomic E-state index is 0.372. The van der Waals surface area contributed by atoms with Crippen LogP contribution in [0.25, 0.3) is 0 Å². The molecule has 0 saturated heterocycles. The summed E-state index contributed by atoms with van der Waals surface area (Å²) in [4.78, 5) is 10.6. The third-order valence-electron chi connectivity index (χ3n) is 1.54. The number of hydrogen-bond donors (Lipinski definition) is 1. The molecule has 0 aromatic carbocycles. The molecule has 0 fully saturated rings. The maximum atomic E-state index is 10.6. The molecule has 1 rings (SSSR count). The van der Waals surface area contributed by atoms with Crippen LogP contribution in [0.15, 0.2) is 12.3 Å². The molecule has 0 saturated carbocycles. The van der Waals surface area contributed by atoms with Gasteiger partial charge in [-0.2, -0.15) is 0 Å². The lowest BCUT2D eigenvalue weighted by molar-refractivity contribution is 0.100. The first-order valence-corrected chi connectivity index (χ1v) is 3.04. The lowest BCUT2D eigenvalue weighted by Gasteiger charge is -1.89. The number of carbonyl (C=O) groups is 1. The highest BCUT2D eigenvalue weighted by molar-refractivity contribution is 5.92. The molecule has 54 valence electrons. The molecular formula is C7H10N2O. The number of carbonyl (C=O) groups excluding carboxylic acids is 1. The van der Waals surface area contributed by atoms with Gasteiger partial charge in [-0.25, -0.2) is 0 Å². The van der Waals surface area contributed by atoms with E-state index >= 15 is 0 Å². The lowest BCUT2D eigenvalue weighted by atomic mass is 10.3. The van der Waals surface area contributed by atoms with Gasteiger partial charge in [0.05, 0.1) is 5.56 Å². The number of primary amides is 1. The maximum Gasteiger partial charge on any atom is 0.250 e. The van der Waals surface area contributed by atoms with E-state index in [4.69, 9.17) is 5.73 Å². The minimum Gasteiger partial charge on any atom is -0.366 e. The molecule has 1 aromatic rings. The summed E-state index contributed by atoms with van der Waals surface area (Å²) in [6.07, 6.45) is 1.72. The molecule has 0 unspecified atom stereocenters. The van der Waals surface area contributed by atoms with Gasteiger partial charge in [-0.05, 0) is 13.0 Å². The first-order chi connectivity index (χ1) is 4.61. The van der Waals surface area contributed by atoms with Crippen molar-refractivity contribution < 1.29 is 4.79 Å². The van der Waals surface area contributed by atoms with Crippen molar-refractivity contribution in [3.63, 3.8) is 0 Å². The smallest absolute Gasteiger partial charge is 0.250 e. The minimum atomic E-state index is -0.372. The van der Waals surface area contributed by atoms with E-state index in [0.717, 1.165) is 5.69 Å². The predicted molar refractivity (Wildman–Crippen MR) is 38.7 cm³/mol. The van der Waals surface area contributed by atoms with Crippen molar-refractivity contribution >= 4 is 5.91 Å². The van der Waals surface area contributed by atoms with Gasteiger partial charge < -0.3 is 10.3 Å². The fourth-order valence-corrected chi connectivity index (χ4v) is 0.809. The van der Waals surface area contributed by atoms with Gasteiger partial charge >= 0.3 is 0 Å². The van der Waals surface area contributed by atoms with Crippen LogP contribution in [0.4, 0.5) is 0 Å². The van der Waals surface area contributed by atoms with Gasteiger partial charge in [0.15, 0.2) is 0 Å². The molecule has 2 N–H and O–H groups in total. The molecule has 0 aliphatic rings. The van der Waals surface area contributed by atoms with Crippen molar-refractivity contribution in [1.29, 1.82) is 0 Å². The standard InChI is InChI=1S/C7H10N2O/c1-5-3-6(7(8)10)4-9(5)2/h3-4H,1-2H3,(H2,8,10). The normalized spacial score (nSPS) is 9.80. The fraction of sp³-hybridized carbons (Fsp3) is 0.286. The molecule has 1 amide bonds. The molecule has 0 atom stereocenters. The summed E-state index contributed by atoms with van der Waals surface area (Å²) in [7, 11) is 1.88. The van der Waals surface area contributed by atoms with Gasteiger partial charge in [0.1, 0.15) is 0 Å². The van der Waals surface area contributed by atoms with Gasteiger partial charge in [-0.15, -0.1) is 0 Å². The Morgan fingerprint density at radius 3 is 2.50 bits per heavy atom. The molecular weight excluding hydrogens is 128 g/mol. The average Bonchev–Trinajstić information content (AvgIpc) is 2.13. The summed E-state index contributed by atoms with van der Waals surface area (Å²) in [5.41, 5.74) is 6.65.